The Balaban J connectivity index is 1.93. The average Bonchev–Trinajstić information content (AvgIpc) is 2.67. The summed E-state index contributed by atoms with van der Waals surface area (Å²) in [7, 11) is 0. The topological polar surface area (TPSA) is 38.3 Å². The second kappa shape index (κ2) is 8.09. The summed E-state index contributed by atoms with van der Waals surface area (Å²) >= 11 is 0. The van der Waals surface area contributed by atoms with Gasteiger partial charge in [0.2, 0.25) is 0 Å². The van der Waals surface area contributed by atoms with E-state index < -0.39 is 17.7 Å². The average molecular weight is 389 g/mol. The molecule has 0 fully saturated rings. The number of alkyl halides is 3. The van der Waals surface area contributed by atoms with E-state index in [1.54, 1.807) is 0 Å². The van der Waals surface area contributed by atoms with Gasteiger partial charge in [-0.05, 0) is 29.7 Å². The van der Waals surface area contributed by atoms with Gasteiger partial charge in [0.1, 0.15) is 11.4 Å². The Labute approximate surface area is 162 Å². The number of amides is 1. The largest absolute Gasteiger partial charge is 0.482 e. The number of fused-ring (bicyclic) bond motifs is 1. The van der Waals surface area contributed by atoms with E-state index in [-0.39, 0.29) is 13.0 Å². The van der Waals surface area contributed by atoms with Crippen molar-refractivity contribution in [1.82, 2.24) is 5.32 Å². The van der Waals surface area contributed by atoms with Crippen LogP contribution in [0.15, 0.2) is 60.7 Å². The Hall–Kier alpha value is -2.76. The lowest BCUT2D eigenvalue weighted by molar-refractivity contribution is -0.173. The zero-order valence-corrected chi connectivity index (χ0v) is 15.6. The van der Waals surface area contributed by atoms with Crippen LogP contribution in [0.4, 0.5) is 13.2 Å². The monoisotopic (exact) mass is 389 g/mol. The van der Waals surface area contributed by atoms with Gasteiger partial charge in [-0.25, -0.2) is 0 Å². The molecule has 3 nitrogen and oxygen atoms in total. The second-order valence-electron chi connectivity index (χ2n) is 6.84. The van der Waals surface area contributed by atoms with Crippen molar-refractivity contribution in [2.45, 2.75) is 38.0 Å². The van der Waals surface area contributed by atoms with Gasteiger partial charge in [0.25, 0.3) is 0 Å². The fourth-order valence-corrected chi connectivity index (χ4v) is 3.51. The van der Waals surface area contributed by atoms with Crippen molar-refractivity contribution >= 4 is 11.5 Å². The summed E-state index contributed by atoms with van der Waals surface area (Å²) in [6, 6.07) is 17.4. The molecule has 2 aromatic carbocycles. The third-order valence-corrected chi connectivity index (χ3v) is 4.75. The predicted molar refractivity (Wildman–Crippen MR) is 102 cm³/mol. The first-order valence-corrected chi connectivity index (χ1v) is 9.26. The van der Waals surface area contributed by atoms with Crippen LogP contribution in [-0.4, -0.2) is 24.2 Å². The highest BCUT2D eigenvalue weighted by atomic mass is 19.4. The van der Waals surface area contributed by atoms with Crippen LogP contribution in [0, 0.1) is 0 Å². The highest BCUT2D eigenvalue weighted by Gasteiger charge is 2.40. The summed E-state index contributed by atoms with van der Waals surface area (Å²) in [4.78, 5) is 11.2. The number of hydrogen-bond donors (Lipinski definition) is 1. The Morgan fingerprint density at radius 1 is 1.04 bits per heavy atom. The number of benzene rings is 2. The number of para-hydroxylation sites is 1. The van der Waals surface area contributed by atoms with E-state index in [0.29, 0.717) is 12.2 Å². The zero-order valence-electron chi connectivity index (χ0n) is 15.6. The van der Waals surface area contributed by atoms with Crippen molar-refractivity contribution in [3.8, 4) is 5.75 Å². The van der Waals surface area contributed by atoms with E-state index in [1.807, 2.05) is 72.9 Å². The summed E-state index contributed by atoms with van der Waals surface area (Å²) in [5.74, 6) is -1.23. The molecule has 28 heavy (non-hydrogen) atoms. The van der Waals surface area contributed by atoms with Crippen molar-refractivity contribution in [2.24, 2.45) is 0 Å². The molecule has 1 heterocycles. The number of hydrogen-bond acceptors (Lipinski definition) is 2. The number of carbonyl (C=O) groups excluding carboxylic acids is 1. The minimum Gasteiger partial charge on any atom is -0.482 e. The quantitative estimate of drug-likeness (QED) is 0.745. The molecule has 1 aliphatic rings. The molecule has 1 unspecified atom stereocenters. The van der Waals surface area contributed by atoms with Gasteiger partial charge in [0.05, 0.1) is 0 Å². The standard InChI is InChI=1S/C22H22F3NO2/c1-2-12-21(13-14-26-20(27)22(23,24)25)15-18(16-8-4-3-5-9-16)17-10-6-7-11-19(17)28-21/h3-11,15H,2,12-14H2,1H3,(H,26,27). The molecule has 0 spiro atoms. The fourth-order valence-electron chi connectivity index (χ4n) is 3.51. The van der Waals surface area contributed by atoms with Crippen molar-refractivity contribution < 1.29 is 22.7 Å². The van der Waals surface area contributed by atoms with Crippen molar-refractivity contribution in [1.29, 1.82) is 0 Å². The van der Waals surface area contributed by atoms with Crippen LogP contribution in [0.3, 0.4) is 0 Å². The van der Waals surface area contributed by atoms with Gasteiger partial charge in [-0.2, -0.15) is 13.2 Å². The van der Waals surface area contributed by atoms with E-state index in [1.165, 1.54) is 0 Å². The molecule has 1 atom stereocenters. The maximum atomic E-state index is 12.5. The minimum atomic E-state index is -4.89. The molecule has 148 valence electrons. The number of halogens is 3. The van der Waals surface area contributed by atoms with Gasteiger partial charge in [-0.1, -0.05) is 61.9 Å². The van der Waals surface area contributed by atoms with Crippen molar-refractivity contribution in [3.05, 3.63) is 71.8 Å². The molecular formula is C22H22F3NO2. The second-order valence-corrected chi connectivity index (χ2v) is 6.84. The van der Waals surface area contributed by atoms with Crippen LogP contribution in [0.25, 0.3) is 5.57 Å². The first-order valence-electron chi connectivity index (χ1n) is 9.26. The number of nitrogens with one attached hydrogen (secondary N) is 1. The molecule has 3 rings (SSSR count). The Morgan fingerprint density at radius 3 is 2.39 bits per heavy atom. The van der Waals surface area contributed by atoms with Crippen LogP contribution >= 0.6 is 0 Å². The van der Waals surface area contributed by atoms with E-state index >= 15 is 0 Å². The Kier molecular flexibility index (Phi) is 5.77. The van der Waals surface area contributed by atoms with Crippen LogP contribution < -0.4 is 10.1 Å². The smallest absolute Gasteiger partial charge is 0.471 e. The Morgan fingerprint density at radius 2 is 1.71 bits per heavy atom. The molecule has 0 radical (unpaired) electrons. The molecule has 0 aliphatic carbocycles. The van der Waals surface area contributed by atoms with Gasteiger partial charge in [0, 0.05) is 18.5 Å². The van der Waals surface area contributed by atoms with Crippen LogP contribution in [0.2, 0.25) is 0 Å². The van der Waals surface area contributed by atoms with E-state index in [0.717, 1.165) is 23.1 Å². The lowest BCUT2D eigenvalue weighted by atomic mass is 9.84. The summed E-state index contributed by atoms with van der Waals surface area (Å²) in [6.07, 6.45) is -1.24. The molecule has 2 aromatic rings. The number of ether oxygens (including phenoxy) is 1. The van der Waals surface area contributed by atoms with Gasteiger partial charge in [0.15, 0.2) is 0 Å². The minimum absolute atomic E-state index is 0.126. The summed E-state index contributed by atoms with van der Waals surface area (Å²) < 4.78 is 43.7. The molecule has 1 N–H and O–H groups in total. The van der Waals surface area contributed by atoms with Crippen LogP contribution in [-0.2, 0) is 4.79 Å². The maximum absolute atomic E-state index is 12.5. The van der Waals surface area contributed by atoms with Gasteiger partial charge in [-0.3, -0.25) is 4.79 Å². The van der Waals surface area contributed by atoms with E-state index in [4.69, 9.17) is 4.74 Å². The third-order valence-electron chi connectivity index (χ3n) is 4.75. The van der Waals surface area contributed by atoms with Crippen LogP contribution in [0.1, 0.15) is 37.3 Å². The van der Waals surface area contributed by atoms with Crippen LogP contribution in [0.5, 0.6) is 5.75 Å². The molecule has 0 bridgehead atoms. The molecule has 1 amide bonds. The summed E-state index contributed by atoms with van der Waals surface area (Å²) in [6.45, 7) is 1.87. The molecule has 6 heteroatoms. The number of carbonyl (C=O) groups is 1. The maximum Gasteiger partial charge on any atom is 0.471 e. The fraction of sp³-hybridized carbons (Fsp3) is 0.318. The van der Waals surface area contributed by atoms with Gasteiger partial charge < -0.3 is 10.1 Å². The van der Waals surface area contributed by atoms with Gasteiger partial charge in [-0.15, -0.1) is 0 Å². The van der Waals surface area contributed by atoms with Gasteiger partial charge >= 0.3 is 12.1 Å². The third kappa shape index (κ3) is 4.38. The van der Waals surface area contributed by atoms with E-state index in [2.05, 4.69) is 0 Å². The molecular weight excluding hydrogens is 367 g/mol. The van der Waals surface area contributed by atoms with E-state index in [9.17, 15) is 18.0 Å². The predicted octanol–water partition coefficient (Wildman–Crippen LogP) is 5.12. The molecule has 0 saturated carbocycles. The Bertz CT molecular complexity index is 862. The lowest BCUT2D eigenvalue weighted by Crippen LogP contribution is -2.43. The number of rotatable bonds is 6. The van der Waals surface area contributed by atoms with Crippen molar-refractivity contribution in [2.75, 3.05) is 6.54 Å². The lowest BCUT2D eigenvalue weighted by Gasteiger charge is -2.37. The highest BCUT2D eigenvalue weighted by Crippen LogP contribution is 2.42. The molecule has 1 aliphatic heterocycles. The van der Waals surface area contributed by atoms with Crippen molar-refractivity contribution in [3.63, 3.8) is 0 Å². The highest BCUT2D eigenvalue weighted by molar-refractivity contribution is 5.85. The first kappa shape index (κ1) is 20.0. The summed E-state index contributed by atoms with van der Waals surface area (Å²) in [5.41, 5.74) is 2.16. The molecule has 0 aromatic heterocycles. The summed E-state index contributed by atoms with van der Waals surface area (Å²) in [5, 5.41) is 1.96. The normalized spacial score (nSPS) is 18.6. The molecule has 0 saturated heterocycles. The zero-order chi connectivity index (χ0) is 20.2. The first-order chi connectivity index (χ1) is 13.3. The SMILES string of the molecule is CCCC1(CCNC(=O)C(F)(F)F)C=C(c2ccccc2)c2ccccc2O1.